The van der Waals surface area contributed by atoms with Crippen molar-refractivity contribution in [1.29, 1.82) is 0 Å². The van der Waals surface area contributed by atoms with E-state index in [1.165, 1.54) is 41.5 Å². The first-order chi connectivity index (χ1) is 8.72. The van der Waals surface area contributed by atoms with Crippen LogP contribution in [0.25, 0.3) is 0 Å². The highest BCUT2D eigenvalue weighted by Crippen LogP contribution is 2.25. The van der Waals surface area contributed by atoms with Crippen molar-refractivity contribution in [3.8, 4) is 0 Å². The molecule has 1 unspecified atom stereocenters. The highest BCUT2D eigenvalue weighted by molar-refractivity contribution is 5.36. The van der Waals surface area contributed by atoms with E-state index in [2.05, 4.69) is 23.3 Å². The number of rotatable bonds is 3. The predicted molar refractivity (Wildman–Crippen MR) is 72.3 cm³/mol. The average molecular weight is 241 g/mol. The molecule has 0 amide bonds. The molecule has 1 aromatic heterocycles. The Labute approximate surface area is 108 Å². The van der Waals surface area contributed by atoms with E-state index in [1.807, 2.05) is 24.1 Å². The maximum Gasteiger partial charge on any atom is 0.0522 e. The van der Waals surface area contributed by atoms with Gasteiger partial charge in [-0.3, -0.25) is 4.68 Å². The van der Waals surface area contributed by atoms with Crippen LogP contribution in [0.2, 0.25) is 0 Å². The van der Waals surface area contributed by atoms with Crippen molar-refractivity contribution in [1.82, 2.24) is 9.78 Å². The third-order valence-electron chi connectivity index (χ3n) is 3.76. The Kier molecular flexibility index (Phi) is 2.92. The van der Waals surface area contributed by atoms with Gasteiger partial charge in [-0.1, -0.05) is 18.2 Å². The van der Waals surface area contributed by atoms with Crippen molar-refractivity contribution >= 4 is 0 Å². The van der Waals surface area contributed by atoms with Gasteiger partial charge in [-0.2, -0.15) is 5.10 Å². The molecule has 3 nitrogen and oxygen atoms in total. The number of hydrogen-bond donors (Lipinski definition) is 1. The molecule has 2 aromatic rings. The predicted octanol–water partition coefficient (Wildman–Crippen LogP) is 2.15. The van der Waals surface area contributed by atoms with Gasteiger partial charge in [-0.15, -0.1) is 0 Å². The van der Waals surface area contributed by atoms with Gasteiger partial charge in [0.15, 0.2) is 0 Å². The van der Waals surface area contributed by atoms with Crippen LogP contribution < -0.4 is 5.73 Å². The number of benzene rings is 1. The van der Waals surface area contributed by atoms with E-state index in [4.69, 9.17) is 5.73 Å². The van der Waals surface area contributed by atoms with E-state index >= 15 is 0 Å². The molecule has 18 heavy (non-hydrogen) atoms. The minimum Gasteiger partial charge on any atom is -0.324 e. The molecular formula is C15H19N3. The van der Waals surface area contributed by atoms with Gasteiger partial charge in [0.1, 0.15) is 0 Å². The molecule has 0 saturated carbocycles. The van der Waals surface area contributed by atoms with Crippen LogP contribution in [0.3, 0.4) is 0 Å². The summed E-state index contributed by atoms with van der Waals surface area (Å²) in [6.45, 7) is 0. The van der Waals surface area contributed by atoms with Crippen LogP contribution in [0.1, 0.15) is 34.7 Å². The van der Waals surface area contributed by atoms with Crippen LogP contribution in [0.5, 0.6) is 0 Å². The number of fused-ring (bicyclic) bond motifs is 1. The van der Waals surface area contributed by atoms with Crippen LogP contribution in [-0.4, -0.2) is 9.78 Å². The molecule has 0 fully saturated rings. The van der Waals surface area contributed by atoms with E-state index in [1.54, 1.807) is 0 Å². The molecule has 0 bridgehead atoms. The second-order valence-corrected chi connectivity index (χ2v) is 5.21. The van der Waals surface area contributed by atoms with Gasteiger partial charge in [0.25, 0.3) is 0 Å². The van der Waals surface area contributed by atoms with Crippen molar-refractivity contribution < 1.29 is 0 Å². The largest absolute Gasteiger partial charge is 0.324 e. The molecule has 1 aliphatic carbocycles. The zero-order valence-electron chi connectivity index (χ0n) is 10.8. The first-order valence-electron chi connectivity index (χ1n) is 6.57. The lowest BCUT2D eigenvalue weighted by Crippen LogP contribution is -2.13. The normalized spacial score (nSPS) is 15.7. The first kappa shape index (κ1) is 11.5. The summed E-state index contributed by atoms with van der Waals surface area (Å²) < 4.78 is 1.82. The second-order valence-electron chi connectivity index (χ2n) is 5.21. The Morgan fingerprint density at radius 1 is 1.33 bits per heavy atom. The zero-order valence-corrected chi connectivity index (χ0v) is 10.8. The Bertz CT molecular complexity index is 557. The van der Waals surface area contributed by atoms with Gasteiger partial charge >= 0.3 is 0 Å². The van der Waals surface area contributed by atoms with Crippen LogP contribution in [0.4, 0.5) is 0 Å². The van der Waals surface area contributed by atoms with Crippen LogP contribution in [-0.2, 0) is 26.3 Å². The number of nitrogens with two attached hydrogens (primary N) is 1. The van der Waals surface area contributed by atoms with Gasteiger partial charge in [0.2, 0.25) is 0 Å². The van der Waals surface area contributed by atoms with Crippen LogP contribution in [0.15, 0.2) is 30.6 Å². The first-order valence-corrected chi connectivity index (χ1v) is 6.57. The fraction of sp³-hybridized carbons (Fsp3) is 0.400. The van der Waals surface area contributed by atoms with E-state index in [0.717, 1.165) is 6.42 Å². The quantitative estimate of drug-likeness (QED) is 0.895. The number of nitrogens with zero attached hydrogens (tertiary/aromatic N) is 2. The third-order valence-corrected chi connectivity index (χ3v) is 3.76. The number of hydrogen-bond acceptors (Lipinski definition) is 2. The number of aromatic nitrogens is 2. The van der Waals surface area contributed by atoms with Crippen molar-refractivity contribution in [2.24, 2.45) is 12.8 Å². The fourth-order valence-electron chi connectivity index (χ4n) is 2.77. The Balaban J connectivity index is 1.78. The highest BCUT2D eigenvalue weighted by atomic mass is 15.2. The molecule has 94 valence electrons. The van der Waals surface area contributed by atoms with E-state index in [-0.39, 0.29) is 6.04 Å². The van der Waals surface area contributed by atoms with Crippen LogP contribution in [0, 0.1) is 0 Å². The average Bonchev–Trinajstić information content (AvgIpc) is 2.96. The van der Waals surface area contributed by atoms with Crippen molar-refractivity contribution in [3.63, 3.8) is 0 Å². The zero-order chi connectivity index (χ0) is 12.5. The lowest BCUT2D eigenvalue weighted by Gasteiger charge is -2.12. The monoisotopic (exact) mass is 241 g/mol. The molecular weight excluding hydrogens is 222 g/mol. The van der Waals surface area contributed by atoms with Gasteiger partial charge < -0.3 is 5.73 Å². The Morgan fingerprint density at radius 3 is 2.94 bits per heavy atom. The molecule has 0 saturated heterocycles. The van der Waals surface area contributed by atoms with E-state index in [0.29, 0.717) is 0 Å². The smallest absolute Gasteiger partial charge is 0.0522 e. The number of aryl methyl sites for hydroxylation is 3. The fourth-order valence-corrected chi connectivity index (χ4v) is 2.77. The molecule has 3 rings (SSSR count). The minimum atomic E-state index is 0.0695. The molecule has 1 atom stereocenters. The molecule has 1 aliphatic rings. The molecule has 0 radical (unpaired) electrons. The van der Waals surface area contributed by atoms with Gasteiger partial charge in [-0.25, -0.2) is 0 Å². The molecule has 1 heterocycles. The summed E-state index contributed by atoms with van der Waals surface area (Å²) in [6.07, 6.45) is 8.51. The summed E-state index contributed by atoms with van der Waals surface area (Å²) in [5.41, 5.74) is 11.7. The summed E-state index contributed by atoms with van der Waals surface area (Å²) in [4.78, 5) is 0. The molecule has 0 aliphatic heterocycles. The standard InChI is InChI=1S/C15H19N3/c1-18-10-11(9-17-18)7-15(16)14-6-5-12-3-2-4-13(12)8-14/h5-6,8-10,15H,2-4,7,16H2,1H3. The third kappa shape index (κ3) is 2.18. The highest BCUT2D eigenvalue weighted by Gasteiger charge is 2.14. The van der Waals surface area contributed by atoms with Crippen molar-refractivity contribution in [2.45, 2.75) is 31.7 Å². The maximum atomic E-state index is 6.29. The molecule has 2 N–H and O–H groups in total. The minimum absolute atomic E-state index is 0.0695. The van der Waals surface area contributed by atoms with E-state index in [9.17, 15) is 0 Å². The molecule has 1 aromatic carbocycles. The van der Waals surface area contributed by atoms with E-state index < -0.39 is 0 Å². The van der Waals surface area contributed by atoms with Gasteiger partial charge in [-0.05, 0) is 47.9 Å². The van der Waals surface area contributed by atoms with Crippen molar-refractivity contribution in [3.05, 3.63) is 52.8 Å². The van der Waals surface area contributed by atoms with Gasteiger partial charge in [0, 0.05) is 19.3 Å². The summed E-state index contributed by atoms with van der Waals surface area (Å²) in [6, 6.07) is 6.80. The molecule has 0 spiro atoms. The summed E-state index contributed by atoms with van der Waals surface area (Å²) in [5, 5.41) is 4.18. The van der Waals surface area contributed by atoms with Crippen molar-refractivity contribution in [2.75, 3.05) is 0 Å². The van der Waals surface area contributed by atoms with Crippen LogP contribution >= 0.6 is 0 Å². The summed E-state index contributed by atoms with van der Waals surface area (Å²) in [7, 11) is 1.93. The summed E-state index contributed by atoms with van der Waals surface area (Å²) in [5.74, 6) is 0. The topological polar surface area (TPSA) is 43.8 Å². The lowest BCUT2D eigenvalue weighted by molar-refractivity contribution is 0.718. The Morgan fingerprint density at radius 2 is 2.17 bits per heavy atom. The maximum absolute atomic E-state index is 6.29. The Hall–Kier alpha value is -1.61. The molecule has 3 heteroatoms. The SMILES string of the molecule is Cn1cc(CC(N)c2ccc3c(c2)CCC3)cn1. The second kappa shape index (κ2) is 4.58. The van der Waals surface area contributed by atoms with Gasteiger partial charge in [0.05, 0.1) is 6.20 Å². The summed E-state index contributed by atoms with van der Waals surface area (Å²) >= 11 is 0. The lowest BCUT2D eigenvalue weighted by atomic mass is 9.98.